The van der Waals surface area contributed by atoms with Crippen LogP contribution in [-0.2, 0) is 14.3 Å². The number of piperidine rings is 1. The first-order valence-corrected chi connectivity index (χ1v) is 8.51. The summed E-state index contributed by atoms with van der Waals surface area (Å²) in [5, 5.41) is 3.25. The summed E-state index contributed by atoms with van der Waals surface area (Å²) in [6, 6.07) is -0.246. The van der Waals surface area contributed by atoms with Crippen LogP contribution in [-0.4, -0.2) is 73.1 Å². The molecule has 2 amide bonds. The lowest BCUT2D eigenvalue weighted by Crippen LogP contribution is -2.57. The Balaban J connectivity index is 1.86. The molecular formula is C16H29N3O3. The summed E-state index contributed by atoms with van der Waals surface area (Å²) in [6.07, 6.45) is 1.45. The van der Waals surface area contributed by atoms with Gasteiger partial charge in [0.2, 0.25) is 11.8 Å². The first-order chi connectivity index (χ1) is 10.6. The van der Waals surface area contributed by atoms with Crippen molar-refractivity contribution < 1.29 is 14.3 Å². The number of nitrogens with one attached hydrogen (secondary N) is 1. The van der Waals surface area contributed by atoms with E-state index in [1.165, 1.54) is 0 Å². The fourth-order valence-electron chi connectivity index (χ4n) is 3.35. The zero-order chi connectivity index (χ0) is 16.1. The molecule has 2 fully saturated rings. The lowest BCUT2D eigenvalue weighted by Gasteiger charge is -2.38. The third kappa shape index (κ3) is 3.79. The van der Waals surface area contributed by atoms with Crippen molar-refractivity contribution in [1.29, 1.82) is 0 Å². The molecule has 0 spiro atoms. The van der Waals surface area contributed by atoms with E-state index in [-0.39, 0.29) is 29.9 Å². The Morgan fingerprint density at radius 2 is 1.86 bits per heavy atom. The van der Waals surface area contributed by atoms with Crippen LogP contribution in [0.2, 0.25) is 0 Å². The van der Waals surface area contributed by atoms with Gasteiger partial charge in [-0.25, -0.2) is 0 Å². The third-order valence-electron chi connectivity index (χ3n) is 4.81. The van der Waals surface area contributed by atoms with Gasteiger partial charge in [-0.1, -0.05) is 0 Å². The van der Waals surface area contributed by atoms with Gasteiger partial charge >= 0.3 is 0 Å². The van der Waals surface area contributed by atoms with E-state index >= 15 is 0 Å². The Labute approximate surface area is 133 Å². The second-order valence-electron chi connectivity index (χ2n) is 6.12. The second-order valence-corrected chi connectivity index (χ2v) is 6.12. The largest absolute Gasteiger partial charge is 0.375 e. The maximum absolute atomic E-state index is 12.6. The minimum absolute atomic E-state index is 0.0666. The summed E-state index contributed by atoms with van der Waals surface area (Å²) >= 11 is 0. The van der Waals surface area contributed by atoms with E-state index in [0.29, 0.717) is 19.7 Å². The first kappa shape index (κ1) is 17.2. The lowest BCUT2D eigenvalue weighted by molar-refractivity contribution is -0.144. The topological polar surface area (TPSA) is 61.9 Å². The summed E-state index contributed by atoms with van der Waals surface area (Å²) in [7, 11) is 0. The Bertz CT molecular complexity index is 390. The Morgan fingerprint density at radius 3 is 2.41 bits per heavy atom. The zero-order valence-electron chi connectivity index (χ0n) is 14.0. The van der Waals surface area contributed by atoms with E-state index in [1.54, 1.807) is 0 Å². The highest BCUT2D eigenvalue weighted by atomic mass is 16.5. The van der Waals surface area contributed by atoms with Crippen molar-refractivity contribution >= 4 is 11.8 Å². The predicted octanol–water partition coefficient (Wildman–Crippen LogP) is 0.470. The molecule has 0 bridgehead atoms. The van der Waals surface area contributed by atoms with Gasteiger partial charge < -0.3 is 19.9 Å². The number of ether oxygens (including phenoxy) is 1. The van der Waals surface area contributed by atoms with Crippen LogP contribution < -0.4 is 5.32 Å². The molecule has 2 aliphatic rings. The molecule has 6 nitrogen and oxygen atoms in total. The average Bonchev–Trinajstić information content (AvgIpc) is 2.56. The van der Waals surface area contributed by atoms with E-state index < -0.39 is 0 Å². The van der Waals surface area contributed by atoms with Gasteiger partial charge in [0.25, 0.3) is 0 Å². The number of rotatable bonds is 4. The van der Waals surface area contributed by atoms with Crippen molar-refractivity contribution in [2.45, 2.75) is 45.8 Å². The standard InChI is InChI=1S/C16H29N3O3/c1-4-18(5-2)15(20)13-6-9-19(10-7-13)16(21)14-12(3)22-11-8-17-14/h12-14,17H,4-11H2,1-3H3/t12-,14+/m1/s1. The molecule has 22 heavy (non-hydrogen) atoms. The summed E-state index contributed by atoms with van der Waals surface area (Å²) in [4.78, 5) is 28.7. The van der Waals surface area contributed by atoms with Crippen LogP contribution in [0.3, 0.4) is 0 Å². The monoisotopic (exact) mass is 311 g/mol. The smallest absolute Gasteiger partial charge is 0.242 e. The van der Waals surface area contributed by atoms with E-state index in [0.717, 1.165) is 32.5 Å². The van der Waals surface area contributed by atoms with Crippen molar-refractivity contribution in [2.75, 3.05) is 39.3 Å². The summed E-state index contributed by atoms with van der Waals surface area (Å²) in [5.74, 6) is 0.419. The molecule has 126 valence electrons. The molecule has 2 heterocycles. The van der Waals surface area contributed by atoms with E-state index in [1.807, 2.05) is 30.6 Å². The Morgan fingerprint density at radius 1 is 1.23 bits per heavy atom. The third-order valence-corrected chi connectivity index (χ3v) is 4.81. The highest BCUT2D eigenvalue weighted by Gasteiger charge is 2.35. The Hall–Kier alpha value is -1.14. The lowest BCUT2D eigenvalue weighted by atomic mass is 9.94. The number of carbonyl (C=O) groups excluding carboxylic acids is 2. The molecule has 0 aliphatic carbocycles. The minimum Gasteiger partial charge on any atom is -0.375 e. The first-order valence-electron chi connectivity index (χ1n) is 8.51. The molecule has 0 aromatic heterocycles. The van der Waals surface area contributed by atoms with Crippen LogP contribution >= 0.6 is 0 Å². The van der Waals surface area contributed by atoms with Gasteiger partial charge in [-0.15, -0.1) is 0 Å². The van der Waals surface area contributed by atoms with Crippen LogP contribution in [0.5, 0.6) is 0 Å². The van der Waals surface area contributed by atoms with Crippen molar-refractivity contribution in [3.63, 3.8) is 0 Å². The molecule has 2 aliphatic heterocycles. The van der Waals surface area contributed by atoms with Gasteiger partial charge in [0.1, 0.15) is 6.04 Å². The molecular weight excluding hydrogens is 282 g/mol. The summed E-state index contributed by atoms with van der Waals surface area (Å²) in [5.41, 5.74) is 0. The fourth-order valence-corrected chi connectivity index (χ4v) is 3.35. The summed E-state index contributed by atoms with van der Waals surface area (Å²) < 4.78 is 5.55. The zero-order valence-corrected chi connectivity index (χ0v) is 14.0. The van der Waals surface area contributed by atoms with Crippen molar-refractivity contribution in [1.82, 2.24) is 15.1 Å². The number of hydrogen-bond acceptors (Lipinski definition) is 4. The van der Waals surface area contributed by atoms with Crippen LogP contribution in [0.15, 0.2) is 0 Å². The van der Waals surface area contributed by atoms with Gasteiger partial charge in [-0.2, -0.15) is 0 Å². The molecule has 2 atom stereocenters. The molecule has 0 aromatic carbocycles. The molecule has 0 unspecified atom stereocenters. The number of hydrogen-bond donors (Lipinski definition) is 1. The SMILES string of the molecule is CCN(CC)C(=O)C1CCN(C(=O)[C@H]2NCCO[C@@H]2C)CC1. The predicted molar refractivity (Wildman–Crippen MR) is 84.4 cm³/mol. The van der Waals surface area contributed by atoms with Crippen LogP contribution in [0.25, 0.3) is 0 Å². The highest BCUT2D eigenvalue weighted by molar-refractivity contribution is 5.83. The van der Waals surface area contributed by atoms with Crippen LogP contribution in [0, 0.1) is 5.92 Å². The molecule has 0 saturated carbocycles. The maximum Gasteiger partial charge on any atom is 0.242 e. The molecule has 6 heteroatoms. The van der Waals surface area contributed by atoms with E-state index in [9.17, 15) is 9.59 Å². The van der Waals surface area contributed by atoms with E-state index in [4.69, 9.17) is 4.74 Å². The number of amides is 2. The molecule has 1 N–H and O–H groups in total. The summed E-state index contributed by atoms with van der Waals surface area (Å²) in [6.45, 7) is 10.2. The maximum atomic E-state index is 12.6. The average molecular weight is 311 g/mol. The number of nitrogens with zero attached hydrogens (tertiary/aromatic N) is 2. The molecule has 0 aromatic rings. The number of carbonyl (C=O) groups is 2. The molecule has 2 rings (SSSR count). The Kier molecular flexibility index (Phi) is 6.20. The van der Waals surface area contributed by atoms with Crippen molar-refractivity contribution in [2.24, 2.45) is 5.92 Å². The highest BCUT2D eigenvalue weighted by Crippen LogP contribution is 2.21. The molecule has 2 saturated heterocycles. The van der Waals surface area contributed by atoms with Crippen molar-refractivity contribution in [3.05, 3.63) is 0 Å². The van der Waals surface area contributed by atoms with Crippen LogP contribution in [0.1, 0.15) is 33.6 Å². The van der Waals surface area contributed by atoms with Crippen LogP contribution in [0.4, 0.5) is 0 Å². The van der Waals surface area contributed by atoms with Gasteiger partial charge in [0, 0.05) is 38.6 Å². The van der Waals surface area contributed by atoms with Gasteiger partial charge in [0.15, 0.2) is 0 Å². The quantitative estimate of drug-likeness (QED) is 0.820. The number of morpholine rings is 1. The minimum atomic E-state index is -0.246. The van der Waals surface area contributed by atoms with Crippen molar-refractivity contribution in [3.8, 4) is 0 Å². The van der Waals surface area contributed by atoms with Gasteiger partial charge in [0.05, 0.1) is 12.7 Å². The fraction of sp³-hybridized carbons (Fsp3) is 0.875. The number of likely N-dealkylation sites (tertiary alicyclic amines) is 1. The van der Waals surface area contributed by atoms with Gasteiger partial charge in [-0.05, 0) is 33.6 Å². The normalized spacial score (nSPS) is 26.8. The molecule has 0 radical (unpaired) electrons. The second kappa shape index (κ2) is 7.92. The van der Waals surface area contributed by atoms with E-state index in [2.05, 4.69) is 5.32 Å². The van der Waals surface area contributed by atoms with Gasteiger partial charge in [-0.3, -0.25) is 9.59 Å².